The number of nitrogens with zero attached hydrogens (tertiary/aromatic N) is 8. The van der Waals surface area contributed by atoms with E-state index in [4.69, 9.17) is 94.8 Å². The average molecular weight is 2050 g/mol. The number of halogens is 7. The van der Waals surface area contributed by atoms with Crippen molar-refractivity contribution in [2.24, 2.45) is 11.5 Å². The number of aliphatic hydroxyl groups excluding tert-OH is 2. The molecule has 1 aliphatic heterocycles. The van der Waals surface area contributed by atoms with Gasteiger partial charge in [0.1, 0.15) is 70.1 Å². The number of hydrogen-bond donors (Lipinski definition) is 13. The number of alkyl halides is 1. The van der Waals surface area contributed by atoms with Crippen LogP contribution in [0, 0.1) is 12.3 Å². The number of aryl methyl sites for hydroxylation is 1. The standard InChI is InChI=1S/C11H11BrN4O.C10H10BrNO3.C8H8BrNO3.C7H6BrNO3.C7H7NO3.C6H5NO3.C4H8O.C3H6O.C2H6O.CH3F.CH5N3.CH2O3.CH4O.CH3O.CH4.Br2.Na.H2O4S.H2O.H2/c1-6-5-7(15-11(13)14-6)10-8(17-2)3-4-9(12)16-10;1-6(13)5-7(14)10-8(15-2)3-4-9(11)12-10;1-12-5-3-4-6(9)10-7(5)8(11)13-2;1-12-7(11)6-4(10)2-3-5(8)9-6;1-11-7(10)6-5(9)3-2-4-8-6;8-4-2-1-3-7-5(4)6(9)10;1-2-4-5-3-1;1-3(2)4;1-2-3;1-2;2-1(3)4;2-1-4-3;2*1-2;;1-2;;1-5(2,3)4;;/h3-5H,1-2H3,(H2,13,14,15);3-4H,5H2,1-2H3;3-4H,1-2H3;2-3,10H,1H3;2-4,9H,1H3;1-3,8H,(H,9,10);1-4H2;1-2H3;3H,2H2,1H3;1H3;(H5,2,3,4);1,3H;2H,1H3;1H3;1H4;;;(H2,1,2,3,4);1H2;1H/q;;;;;;;;;;;;;-1;;;+1;;;/i;;;;;;;;;1D;;;;;;;;;;. The number of aromatic nitrogens is 8. The third-order valence-corrected chi connectivity index (χ3v) is 11.3. The molecule has 1 aliphatic rings. The number of carbonyl (C=O) groups is 8. The largest absolute Gasteiger partial charge is 1.00 e. The molecule has 114 heavy (non-hydrogen) atoms. The van der Waals surface area contributed by atoms with Crippen molar-refractivity contribution >= 4 is 162 Å². The van der Waals surface area contributed by atoms with Crippen LogP contribution >= 0.6 is 92.0 Å². The SMILES string of the molecule is BrBr.C.C1CCOC1.CC(C)=O.CCO.CO.COC(=O)c1nc(Br)ccc1O.COC(=O)c1nc(Br)ccc1OC.COC(=O)c1ncccc1O.COc1ccc(Br)nc1-c1cc(C)nc(N)n1.COc1ccc(Br)nc1C(=O)CC(C)=O.C[O-].N=C(N)N.O.O=C(O)c1ncccc1O.O=COO.O=S(=O)(O)O.[2H]CF.[HH].[Na+]. The molecule has 0 radical (unpaired) electrons. The Morgan fingerprint density at radius 1 is 0.658 bits per heavy atom. The Kier molecular flexibility index (Phi) is 91.7. The maximum absolute atomic E-state index is 11.6. The average Bonchev–Trinajstić information content (AvgIpc) is 0.898. The van der Waals surface area contributed by atoms with Gasteiger partial charge in [-0.2, -0.15) is 15.5 Å². The summed E-state index contributed by atoms with van der Waals surface area (Å²) in [4.78, 5) is 118. The summed E-state index contributed by atoms with van der Waals surface area (Å²) in [6.07, 6.45) is 5.12. The molecule has 0 saturated carbocycles. The van der Waals surface area contributed by atoms with Gasteiger partial charge in [-0.05, 0) is 190 Å². The van der Waals surface area contributed by atoms with Crippen molar-refractivity contribution in [3.63, 3.8) is 0 Å². The second-order valence-electron chi connectivity index (χ2n) is 17.8. The molecule has 0 aromatic carbocycles. The van der Waals surface area contributed by atoms with E-state index in [-0.39, 0.29) is 138 Å². The van der Waals surface area contributed by atoms with E-state index < -0.39 is 41.4 Å². The predicted molar refractivity (Wildman–Crippen MR) is 432 cm³/mol. The van der Waals surface area contributed by atoms with E-state index in [1.165, 1.54) is 118 Å². The van der Waals surface area contributed by atoms with Crippen LogP contribution in [-0.4, -0.2) is 236 Å². The van der Waals surface area contributed by atoms with Crippen LogP contribution in [0.5, 0.6) is 34.5 Å². The van der Waals surface area contributed by atoms with Gasteiger partial charge in [-0.15, -0.1) is 0 Å². The number of nitrogen functional groups attached to an aromatic ring is 1. The van der Waals surface area contributed by atoms with Crippen molar-refractivity contribution < 1.29 is 177 Å². The van der Waals surface area contributed by atoms with Gasteiger partial charge in [0, 0.05) is 74.7 Å². The van der Waals surface area contributed by atoms with Crippen molar-refractivity contribution in [3.8, 4) is 45.9 Å². The fraction of sp³-hybridized carbons (Fsp3) is 0.328. The Hall–Kier alpha value is -8.35. The number of nitrogens with one attached hydrogen (secondary N) is 1. The molecule has 7 aromatic heterocycles. The number of carboxylic acid groups (broad SMARTS) is 1. The van der Waals surface area contributed by atoms with Crippen molar-refractivity contribution in [1.29, 1.82) is 5.41 Å². The molecule has 0 spiro atoms. The molecule has 18 N–H and O–H groups in total. The maximum Gasteiger partial charge on any atom is 1.00 e. The zero-order valence-corrected chi connectivity index (χ0v) is 75.2. The van der Waals surface area contributed by atoms with Crippen molar-refractivity contribution in [1.82, 2.24) is 39.9 Å². The summed E-state index contributed by atoms with van der Waals surface area (Å²) in [6.45, 7) is 10.1. The molecule has 1 saturated heterocycles. The number of carbonyl (C=O) groups excluding carboxylic acids is 7. The summed E-state index contributed by atoms with van der Waals surface area (Å²) in [5, 5.41) is 71.3. The van der Waals surface area contributed by atoms with Gasteiger partial charge in [-0.1, -0.05) is 7.43 Å². The van der Waals surface area contributed by atoms with Crippen molar-refractivity contribution in [3.05, 3.63) is 144 Å². The molecule has 0 unspecified atom stereocenters. The third-order valence-electron chi connectivity index (χ3n) is 9.54. The Morgan fingerprint density at radius 3 is 1.29 bits per heavy atom. The molecule has 41 nitrogen and oxygen atoms in total. The topological polar surface area (TPSA) is 686 Å². The summed E-state index contributed by atoms with van der Waals surface area (Å²) in [6, 6.07) is 20.6. The van der Waals surface area contributed by atoms with E-state index >= 15 is 0 Å². The van der Waals surface area contributed by atoms with Gasteiger partial charge in [-0.3, -0.25) is 33.3 Å². The summed E-state index contributed by atoms with van der Waals surface area (Å²) in [7, 11) is 4.35. The van der Waals surface area contributed by atoms with Crippen LogP contribution in [0.2, 0.25) is 0 Å². The molecular weight excluding hydrogens is 1950 g/mol. The number of rotatable bonds is 12. The molecule has 50 heteroatoms. The van der Waals surface area contributed by atoms with E-state index in [1.54, 1.807) is 44.4 Å². The summed E-state index contributed by atoms with van der Waals surface area (Å²) >= 11 is 18.2. The van der Waals surface area contributed by atoms with Crippen LogP contribution in [0.4, 0.5) is 10.3 Å². The first-order valence-electron chi connectivity index (χ1n) is 29.8. The summed E-state index contributed by atoms with van der Waals surface area (Å²) < 4.78 is 82.8. The number of ketones is 3. The second kappa shape index (κ2) is 82.6. The zero-order chi connectivity index (χ0) is 88.7. The first kappa shape index (κ1) is 126. The van der Waals surface area contributed by atoms with Crippen LogP contribution in [0.15, 0.2) is 110 Å². The second-order valence-corrected chi connectivity index (χ2v) is 21.9. The molecule has 8 rings (SSSR count). The molecule has 8 heterocycles. The number of aromatic hydroxyl groups is 3. The summed E-state index contributed by atoms with van der Waals surface area (Å²) in [5.74, 6) is -2.74. The Morgan fingerprint density at radius 2 is 0.974 bits per heavy atom. The fourth-order valence-corrected chi connectivity index (χ4v) is 7.05. The number of guanidine groups is 1. The molecule has 0 amide bonds. The molecule has 1 fully saturated rings. The van der Waals surface area contributed by atoms with Crippen molar-refractivity contribution in [2.45, 2.75) is 61.3 Å². The van der Waals surface area contributed by atoms with Crippen LogP contribution in [0.25, 0.3) is 11.4 Å². The van der Waals surface area contributed by atoms with Crippen LogP contribution in [0.3, 0.4) is 0 Å². The number of esters is 3. The Bertz CT molecular complexity index is 3920. The van der Waals surface area contributed by atoms with E-state index in [1.807, 2.05) is 19.1 Å². The number of pyridine rings is 6. The molecule has 0 aliphatic carbocycles. The van der Waals surface area contributed by atoms with Gasteiger partial charge >= 0.3 is 70.3 Å². The van der Waals surface area contributed by atoms with Gasteiger partial charge in [0.25, 0.3) is 0 Å². The smallest absolute Gasteiger partial charge is 0.857 e. The van der Waals surface area contributed by atoms with Gasteiger partial charge in [0.15, 0.2) is 40.3 Å². The molecule has 0 bridgehead atoms. The minimum atomic E-state index is -4.67. The number of methoxy groups -OCH3 is 6. The molecule has 0 atom stereocenters. The normalized spacial score (nSPS) is 9.26. The number of anilines is 1. The number of hydrogen-bond acceptors (Lipinski definition) is 35. The van der Waals surface area contributed by atoms with E-state index in [0.717, 1.165) is 33.1 Å². The summed E-state index contributed by atoms with van der Waals surface area (Å²) in [5.41, 5.74) is 16.5. The first-order chi connectivity index (χ1) is 52.6. The monoisotopic (exact) mass is 2040 g/mol. The number of Topliss-reactive ketones (excluding diaryl/α,β-unsaturated/α-hetero) is 3. The van der Waals surface area contributed by atoms with Crippen LogP contribution in [-0.2, 0) is 48.6 Å². The van der Waals surface area contributed by atoms with Gasteiger partial charge in [0.2, 0.25) is 5.95 Å². The van der Waals surface area contributed by atoms with Crippen molar-refractivity contribution in [2.75, 3.05) is 89.6 Å². The predicted octanol–water partition coefficient (Wildman–Crippen LogP) is 5.38. The number of aromatic carboxylic acids is 1. The minimum Gasteiger partial charge on any atom is -0.857 e. The van der Waals surface area contributed by atoms with Crippen LogP contribution < -0.4 is 66.1 Å². The zero-order valence-electron chi connectivity index (χ0n) is 63.8. The minimum absolute atomic E-state index is 0. The number of ether oxygens (including phenoxy) is 7. The fourth-order valence-electron chi connectivity index (χ4n) is 5.81. The number of carboxylic acids is 1. The van der Waals surface area contributed by atoms with Gasteiger partial charge in [0.05, 0.1) is 63.3 Å². The van der Waals surface area contributed by atoms with Crippen LogP contribution in [0.1, 0.15) is 115 Å². The van der Waals surface area contributed by atoms with E-state index in [0.29, 0.717) is 47.0 Å². The van der Waals surface area contributed by atoms with E-state index in [9.17, 15) is 38.0 Å². The molecule has 640 valence electrons. The molecule has 7 aromatic rings. The van der Waals surface area contributed by atoms with E-state index in [2.05, 4.69) is 162 Å². The number of nitrogens with two attached hydrogens (primary N) is 3. The number of aliphatic hydroxyl groups is 2. The Labute approximate surface area is 730 Å². The maximum atomic E-state index is 11.6. The van der Waals surface area contributed by atoms with Gasteiger partial charge in [-0.25, -0.2) is 64.3 Å². The third kappa shape index (κ3) is 71.4. The Balaban J connectivity index is -0.000000103. The first-order valence-corrected chi connectivity index (χ1v) is 37.4. The van der Waals surface area contributed by atoms with Gasteiger partial charge < -0.3 is 101 Å². The quantitative estimate of drug-likeness (QED) is 0.00593. The molecular formula is C64H94Br6FN12NaO29S.